The maximum atomic E-state index is 13.8. The predicted octanol–water partition coefficient (Wildman–Crippen LogP) is 1.83. The number of aryl methyl sites for hydroxylation is 1. The SMILES string of the molecule is COc1cc(-c2cc(N)n(C)n2)cc(F)c1OC. The normalized spacial score (nSPS) is 10.4. The maximum absolute atomic E-state index is 13.8. The fourth-order valence-electron chi connectivity index (χ4n) is 1.69. The van der Waals surface area contributed by atoms with E-state index in [0.717, 1.165) is 0 Å². The second-order valence-corrected chi connectivity index (χ2v) is 3.77. The van der Waals surface area contributed by atoms with Gasteiger partial charge in [-0.25, -0.2) is 4.39 Å². The topological polar surface area (TPSA) is 62.3 Å². The van der Waals surface area contributed by atoms with Gasteiger partial charge in [-0.05, 0) is 12.1 Å². The van der Waals surface area contributed by atoms with Crippen molar-refractivity contribution in [3.63, 3.8) is 0 Å². The van der Waals surface area contributed by atoms with E-state index in [1.807, 2.05) is 0 Å². The molecular formula is C12H14FN3O2. The average Bonchev–Trinajstić information content (AvgIpc) is 2.68. The van der Waals surface area contributed by atoms with Crippen molar-refractivity contribution in [2.24, 2.45) is 7.05 Å². The second kappa shape index (κ2) is 4.56. The molecular weight excluding hydrogens is 237 g/mol. The highest BCUT2D eigenvalue weighted by Crippen LogP contribution is 2.35. The van der Waals surface area contributed by atoms with E-state index in [4.69, 9.17) is 15.2 Å². The van der Waals surface area contributed by atoms with E-state index >= 15 is 0 Å². The Morgan fingerprint density at radius 1 is 1.22 bits per heavy atom. The number of nitrogen functional groups attached to an aromatic ring is 1. The monoisotopic (exact) mass is 251 g/mol. The summed E-state index contributed by atoms with van der Waals surface area (Å²) in [6, 6.07) is 4.66. The molecule has 96 valence electrons. The predicted molar refractivity (Wildman–Crippen MR) is 66.1 cm³/mol. The van der Waals surface area contributed by atoms with E-state index in [1.165, 1.54) is 25.0 Å². The van der Waals surface area contributed by atoms with Crippen LogP contribution < -0.4 is 15.2 Å². The largest absolute Gasteiger partial charge is 0.493 e. The number of nitrogens with zero attached hydrogens (tertiary/aromatic N) is 2. The zero-order valence-electron chi connectivity index (χ0n) is 10.4. The summed E-state index contributed by atoms with van der Waals surface area (Å²) in [5.41, 5.74) is 6.85. The molecule has 0 saturated heterocycles. The Balaban J connectivity index is 2.55. The van der Waals surface area contributed by atoms with Crippen molar-refractivity contribution in [2.75, 3.05) is 20.0 Å². The van der Waals surface area contributed by atoms with Crippen LogP contribution in [0.25, 0.3) is 11.3 Å². The molecule has 1 aromatic carbocycles. The number of methoxy groups -OCH3 is 2. The van der Waals surface area contributed by atoms with E-state index < -0.39 is 5.82 Å². The highest BCUT2D eigenvalue weighted by Gasteiger charge is 2.15. The number of benzene rings is 1. The number of nitrogens with two attached hydrogens (primary N) is 1. The molecule has 0 atom stereocenters. The minimum Gasteiger partial charge on any atom is -0.493 e. The van der Waals surface area contributed by atoms with Gasteiger partial charge >= 0.3 is 0 Å². The van der Waals surface area contributed by atoms with Crippen LogP contribution in [0.15, 0.2) is 18.2 Å². The van der Waals surface area contributed by atoms with E-state index in [9.17, 15) is 4.39 Å². The zero-order chi connectivity index (χ0) is 13.3. The molecule has 0 aliphatic heterocycles. The number of halogens is 1. The lowest BCUT2D eigenvalue weighted by Gasteiger charge is -2.09. The van der Waals surface area contributed by atoms with Crippen LogP contribution in [0.3, 0.4) is 0 Å². The smallest absolute Gasteiger partial charge is 0.196 e. The molecule has 2 rings (SSSR count). The third-order valence-corrected chi connectivity index (χ3v) is 2.65. The minimum atomic E-state index is -0.504. The molecule has 1 aromatic heterocycles. The first-order valence-electron chi connectivity index (χ1n) is 5.28. The van der Waals surface area contributed by atoms with Gasteiger partial charge in [0.05, 0.1) is 19.9 Å². The Labute approximate surface area is 104 Å². The van der Waals surface area contributed by atoms with Crippen molar-refractivity contribution in [3.8, 4) is 22.8 Å². The number of hydrogen-bond acceptors (Lipinski definition) is 4. The summed E-state index contributed by atoms with van der Waals surface area (Å²) < 4.78 is 25.4. The van der Waals surface area contributed by atoms with Crippen molar-refractivity contribution in [3.05, 3.63) is 24.0 Å². The van der Waals surface area contributed by atoms with Crippen molar-refractivity contribution in [2.45, 2.75) is 0 Å². The van der Waals surface area contributed by atoms with Gasteiger partial charge in [-0.2, -0.15) is 5.10 Å². The zero-order valence-corrected chi connectivity index (χ0v) is 10.4. The molecule has 0 amide bonds. The van der Waals surface area contributed by atoms with Crippen LogP contribution in [-0.4, -0.2) is 24.0 Å². The van der Waals surface area contributed by atoms with Gasteiger partial charge in [0, 0.05) is 18.7 Å². The number of hydrogen-bond donors (Lipinski definition) is 1. The molecule has 0 unspecified atom stereocenters. The summed E-state index contributed by atoms with van der Waals surface area (Å²) in [5, 5.41) is 4.18. The minimum absolute atomic E-state index is 0.0742. The van der Waals surface area contributed by atoms with Gasteiger partial charge in [-0.3, -0.25) is 4.68 Å². The molecule has 1 heterocycles. The van der Waals surface area contributed by atoms with E-state index in [1.54, 1.807) is 19.2 Å². The summed E-state index contributed by atoms with van der Waals surface area (Å²) >= 11 is 0. The molecule has 2 aromatic rings. The van der Waals surface area contributed by atoms with Gasteiger partial charge in [0.25, 0.3) is 0 Å². The molecule has 5 nitrogen and oxygen atoms in total. The molecule has 0 saturated carbocycles. The van der Waals surface area contributed by atoms with Crippen molar-refractivity contribution < 1.29 is 13.9 Å². The second-order valence-electron chi connectivity index (χ2n) is 3.77. The Kier molecular flexibility index (Phi) is 3.10. The molecule has 0 aliphatic rings. The lowest BCUT2D eigenvalue weighted by Crippen LogP contribution is -1.97. The first-order chi connectivity index (χ1) is 8.56. The van der Waals surface area contributed by atoms with Gasteiger partial charge in [0.15, 0.2) is 17.3 Å². The van der Waals surface area contributed by atoms with Crippen LogP contribution in [0, 0.1) is 5.82 Å². The lowest BCUT2D eigenvalue weighted by atomic mass is 10.1. The highest BCUT2D eigenvalue weighted by atomic mass is 19.1. The first kappa shape index (κ1) is 12.2. The highest BCUT2D eigenvalue weighted by molar-refractivity contribution is 5.66. The fraction of sp³-hybridized carbons (Fsp3) is 0.250. The summed E-state index contributed by atoms with van der Waals surface area (Å²) in [6.07, 6.45) is 0. The van der Waals surface area contributed by atoms with Gasteiger partial charge in [0.1, 0.15) is 5.82 Å². The van der Waals surface area contributed by atoms with Gasteiger partial charge in [-0.1, -0.05) is 0 Å². The molecule has 0 fully saturated rings. The average molecular weight is 251 g/mol. The first-order valence-corrected chi connectivity index (χ1v) is 5.28. The van der Waals surface area contributed by atoms with Crippen LogP contribution in [0.4, 0.5) is 10.2 Å². The number of ether oxygens (including phenoxy) is 2. The van der Waals surface area contributed by atoms with E-state index in [2.05, 4.69) is 5.10 Å². The van der Waals surface area contributed by atoms with Crippen LogP contribution >= 0.6 is 0 Å². The standard InChI is InChI=1S/C12H14FN3O2/c1-16-11(14)6-9(15-16)7-4-8(13)12(18-3)10(5-7)17-2/h4-6H,14H2,1-3H3. The van der Waals surface area contributed by atoms with Crippen molar-refractivity contribution in [1.82, 2.24) is 9.78 Å². The molecule has 2 N–H and O–H groups in total. The quantitative estimate of drug-likeness (QED) is 0.903. The molecule has 0 radical (unpaired) electrons. The third kappa shape index (κ3) is 1.97. The number of anilines is 1. The number of aromatic nitrogens is 2. The molecule has 6 heteroatoms. The summed E-state index contributed by atoms with van der Waals surface area (Å²) in [6.45, 7) is 0. The Bertz CT molecular complexity index is 561. The summed E-state index contributed by atoms with van der Waals surface area (Å²) in [7, 11) is 4.56. The van der Waals surface area contributed by atoms with Crippen LogP contribution in [0.5, 0.6) is 11.5 Å². The van der Waals surface area contributed by atoms with Crippen LogP contribution in [-0.2, 0) is 7.05 Å². The van der Waals surface area contributed by atoms with Gasteiger partial charge in [0.2, 0.25) is 0 Å². The summed E-state index contributed by atoms with van der Waals surface area (Å²) in [4.78, 5) is 0. The summed E-state index contributed by atoms with van der Waals surface area (Å²) in [5.74, 6) is 0.387. The molecule has 18 heavy (non-hydrogen) atoms. The maximum Gasteiger partial charge on any atom is 0.196 e. The Morgan fingerprint density at radius 2 is 1.94 bits per heavy atom. The van der Waals surface area contributed by atoms with Crippen molar-refractivity contribution >= 4 is 5.82 Å². The van der Waals surface area contributed by atoms with Gasteiger partial charge < -0.3 is 15.2 Å². The van der Waals surface area contributed by atoms with Crippen molar-refractivity contribution in [1.29, 1.82) is 0 Å². The van der Waals surface area contributed by atoms with E-state index in [-0.39, 0.29) is 5.75 Å². The van der Waals surface area contributed by atoms with Gasteiger partial charge in [-0.15, -0.1) is 0 Å². The lowest BCUT2D eigenvalue weighted by molar-refractivity contribution is 0.338. The number of rotatable bonds is 3. The van der Waals surface area contributed by atoms with Crippen LogP contribution in [0.1, 0.15) is 0 Å². The van der Waals surface area contributed by atoms with E-state index in [0.29, 0.717) is 22.8 Å². The molecule has 0 bridgehead atoms. The third-order valence-electron chi connectivity index (χ3n) is 2.65. The van der Waals surface area contributed by atoms with Crippen LogP contribution in [0.2, 0.25) is 0 Å². The molecule has 0 aliphatic carbocycles. The Hall–Kier alpha value is -2.24. The fourth-order valence-corrected chi connectivity index (χ4v) is 1.69. The Morgan fingerprint density at radius 3 is 2.44 bits per heavy atom. The molecule has 0 spiro atoms.